The second kappa shape index (κ2) is 4.95. The molecule has 0 heterocycles. The monoisotopic (exact) mass is 201 g/mol. The Kier molecular flexibility index (Phi) is 4.56. The number of hydrogen-bond acceptors (Lipinski definition) is 3. The molecule has 0 fully saturated rings. The fourth-order valence-corrected chi connectivity index (χ4v) is 1.19. The van der Waals surface area contributed by atoms with E-state index < -0.39 is 17.5 Å². The molecule has 2 amide bonds. The molecule has 0 aromatic carbocycles. The van der Waals surface area contributed by atoms with Crippen LogP contribution >= 0.6 is 0 Å². The van der Waals surface area contributed by atoms with E-state index in [1.807, 2.05) is 0 Å². The molecule has 5 heteroatoms. The van der Waals surface area contributed by atoms with Gasteiger partial charge in [0, 0.05) is 0 Å². The van der Waals surface area contributed by atoms with Crippen molar-refractivity contribution < 1.29 is 9.59 Å². The van der Waals surface area contributed by atoms with Crippen molar-refractivity contribution in [3.63, 3.8) is 0 Å². The molecule has 0 radical (unpaired) electrons. The van der Waals surface area contributed by atoms with E-state index in [1.165, 1.54) is 0 Å². The quantitative estimate of drug-likeness (QED) is 0.559. The van der Waals surface area contributed by atoms with E-state index >= 15 is 0 Å². The molecule has 14 heavy (non-hydrogen) atoms. The fourth-order valence-electron chi connectivity index (χ4n) is 1.19. The zero-order chi connectivity index (χ0) is 11.4. The van der Waals surface area contributed by atoms with Gasteiger partial charge in [-0.15, -0.1) is 0 Å². The highest BCUT2D eigenvalue weighted by Crippen LogP contribution is 2.14. The van der Waals surface area contributed by atoms with E-state index in [4.69, 9.17) is 11.5 Å². The number of nitrogens with two attached hydrogens (primary N) is 2. The van der Waals surface area contributed by atoms with Crippen LogP contribution in [0, 0.1) is 0 Å². The van der Waals surface area contributed by atoms with Crippen LogP contribution in [-0.2, 0) is 9.59 Å². The number of carbonyl (C=O) groups is 2. The molecule has 0 aliphatic heterocycles. The van der Waals surface area contributed by atoms with Gasteiger partial charge < -0.3 is 16.8 Å². The molecular weight excluding hydrogens is 182 g/mol. The highest BCUT2D eigenvalue weighted by Gasteiger charge is 2.34. The lowest BCUT2D eigenvalue weighted by atomic mass is 9.91. The molecule has 0 aliphatic carbocycles. The highest BCUT2D eigenvalue weighted by molar-refractivity contribution is 5.91. The minimum atomic E-state index is -0.954. The van der Waals surface area contributed by atoms with Gasteiger partial charge in [-0.3, -0.25) is 9.59 Å². The Morgan fingerprint density at radius 3 is 2.00 bits per heavy atom. The van der Waals surface area contributed by atoms with E-state index in [0.717, 1.165) is 0 Å². The predicted octanol–water partition coefficient (Wildman–Crippen LogP) is -0.506. The first-order valence-corrected chi connectivity index (χ1v) is 4.77. The Morgan fingerprint density at radius 2 is 1.79 bits per heavy atom. The van der Waals surface area contributed by atoms with Crippen LogP contribution in [0.15, 0.2) is 0 Å². The van der Waals surface area contributed by atoms with Crippen LogP contribution in [0.25, 0.3) is 0 Å². The molecule has 0 saturated heterocycles. The van der Waals surface area contributed by atoms with Crippen LogP contribution in [0.1, 0.15) is 33.6 Å². The van der Waals surface area contributed by atoms with Crippen molar-refractivity contribution in [1.29, 1.82) is 0 Å². The van der Waals surface area contributed by atoms with Crippen molar-refractivity contribution >= 4 is 11.8 Å². The van der Waals surface area contributed by atoms with Gasteiger partial charge in [0.2, 0.25) is 11.8 Å². The van der Waals surface area contributed by atoms with Gasteiger partial charge in [0.15, 0.2) is 0 Å². The van der Waals surface area contributed by atoms with E-state index in [1.54, 1.807) is 20.8 Å². The summed E-state index contributed by atoms with van der Waals surface area (Å²) in [5.74, 6) is -0.871. The molecule has 0 aliphatic rings. The average molecular weight is 201 g/mol. The van der Waals surface area contributed by atoms with E-state index in [2.05, 4.69) is 5.32 Å². The Bertz CT molecular complexity index is 222. The number of hydrogen-bond donors (Lipinski definition) is 3. The molecular formula is C9H19N3O2. The third-order valence-electron chi connectivity index (χ3n) is 2.45. The molecule has 0 saturated carbocycles. The maximum Gasteiger partial charge on any atom is 0.243 e. The van der Waals surface area contributed by atoms with Gasteiger partial charge >= 0.3 is 0 Å². The second-order valence-electron chi connectivity index (χ2n) is 3.43. The SMILES string of the molecule is CCC(CC)(NC(=O)[C@H](C)N)C(N)=O. The summed E-state index contributed by atoms with van der Waals surface area (Å²) in [6.07, 6.45) is 0.939. The maximum atomic E-state index is 11.3. The Labute approximate surface area is 84.2 Å². The zero-order valence-corrected chi connectivity index (χ0v) is 8.96. The summed E-state index contributed by atoms with van der Waals surface area (Å²) < 4.78 is 0. The standard InChI is InChI=1S/C9H19N3O2/c1-4-9(5-2,8(11)14)12-7(13)6(3)10/h6H,4-5,10H2,1-3H3,(H2,11,14)(H,12,13)/t6-/m0/s1. The van der Waals surface area contributed by atoms with Gasteiger partial charge in [0.1, 0.15) is 5.54 Å². The van der Waals surface area contributed by atoms with Crippen molar-refractivity contribution in [3.8, 4) is 0 Å². The van der Waals surface area contributed by atoms with Crippen LogP contribution in [0.5, 0.6) is 0 Å². The molecule has 0 aromatic heterocycles. The van der Waals surface area contributed by atoms with Crippen LogP contribution in [0.2, 0.25) is 0 Å². The molecule has 0 spiro atoms. The third kappa shape index (κ3) is 2.70. The second-order valence-corrected chi connectivity index (χ2v) is 3.43. The maximum absolute atomic E-state index is 11.3. The van der Waals surface area contributed by atoms with Crippen molar-refractivity contribution in [2.75, 3.05) is 0 Å². The number of nitrogens with one attached hydrogen (secondary N) is 1. The van der Waals surface area contributed by atoms with Crippen molar-refractivity contribution in [2.24, 2.45) is 11.5 Å². The van der Waals surface area contributed by atoms with Crippen LogP contribution < -0.4 is 16.8 Å². The lowest BCUT2D eigenvalue weighted by molar-refractivity contribution is -0.132. The fraction of sp³-hybridized carbons (Fsp3) is 0.778. The lowest BCUT2D eigenvalue weighted by Crippen LogP contribution is -2.59. The molecule has 82 valence electrons. The van der Waals surface area contributed by atoms with Gasteiger partial charge in [0.25, 0.3) is 0 Å². The molecule has 0 rings (SSSR count). The summed E-state index contributed by atoms with van der Waals surface area (Å²) in [6, 6.07) is -0.633. The highest BCUT2D eigenvalue weighted by atomic mass is 16.2. The summed E-state index contributed by atoms with van der Waals surface area (Å²) in [6.45, 7) is 5.16. The normalized spacial score (nSPS) is 13.4. The van der Waals surface area contributed by atoms with Gasteiger partial charge in [-0.1, -0.05) is 13.8 Å². The number of rotatable bonds is 5. The Balaban J connectivity index is 4.68. The molecule has 5 N–H and O–H groups in total. The first-order chi connectivity index (χ1) is 6.39. The number of amides is 2. The van der Waals surface area contributed by atoms with Gasteiger partial charge in [-0.2, -0.15) is 0 Å². The summed E-state index contributed by atoms with van der Waals surface area (Å²) in [4.78, 5) is 22.5. The summed E-state index contributed by atoms with van der Waals surface area (Å²) in [5.41, 5.74) is 9.68. The van der Waals surface area contributed by atoms with Crippen molar-refractivity contribution in [1.82, 2.24) is 5.32 Å². The topological polar surface area (TPSA) is 98.2 Å². The van der Waals surface area contributed by atoms with Gasteiger partial charge in [0.05, 0.1) is 6.04 Å². The molecule has 5 nitrogen and oxygen atoms in total. The molecule has 0 bridgehead atoms. The molecule has 0 unspecified atom stereocenters. The summed E-state index contributed by atoms with van der Waals surface area (Å²) in [5, 5.41) is 2.59. The predicted molar refractivity (Wildman–Crippen MR) is 54.3 cm³/mol. The van der Waals surface area contributed by atoms with Gasteiger partial charge in [-0.05, 0) is 19.8 Å². The van der Waals surface area contributed by atoms with Gasteiger partial charge in [-0.25, -0.2) is 0 Å². The summed E-state index contributed by atoms with van der Waals surface area (Å²) >= 11 is 0. The minimum Gasteiger partial charge on any atom is -0.368 e. The molecule has 0 aromatic rings. The van der Waals surface area contributed by atoms with Crippen LogP contribution in [-0.4, -0.2) is 23.4 Å². The minimum absolute atomic E-state index is 0.354. The average Bonchev–Trinajstić information content (AvgIpc) is 2.13. The van der Waals surface area contributed by atoms with E-state index in [-0.39, 0.29) is 5.91 Å². The first-order valence-electron chi connectivity index (χ1n) is 4.77. The van der Waals surface area contributed by atoms with E-state index in [0.29, 0.717) is 12.8 Å². The smallest absolute Gasteiger partial charge is 0.243 e. The number of carbonyl (C=O) groups excluding carboxylic acids is 2. The Hall–Kier alpha value is -1.10. The summed E-state index contributed by atoms with van der Waals surface area (Å²) in [7, 11) is 0. The van der Waals surface area contributed by atoms with Crippen molar-refractivity contribution in [2.45, 2.75) is 45.2 Å². The third-order valence-corrected chi connectivity index (χ3v) is 2.45. The van der Waals surface area contributed by atoms with Crippen molar-refractivity contribution in [3.05, 3.63) is 0 Å². The van der Waals surface area contributed by atoms with Crippen LogP contribution in [0.3, 0.4) is 0 Å². The van der Waals surface area contributed by atoms with E-state index in [9.17, 15) is 9.59 Å². The first kappa shape index (κ1) is 12.9. The lowest BCUT2D eigenvalue weighted by Gasteiger charge is -2.29. The van der Waals surface area contributed by atoms with Crippen LogP contribution in [0.4, 0.5) is 0 Å². The Morgan fingerprint density at radius 1 is 1.36 bits per heavy atom. The molecule has 1 atom stereocenters. The number of primary amides is 1. The largest absolute Gasteiger partial charge is 0.368 e. The zero-order valence-electron chi connectivity index (χ0n) is 8.96.